The quantitative estimate of drug-likeness (QED) is 0.441. The molecule has 4 rings (SSSR count). The van der Waals surface area contributed by atoms with E-state index in [0.29, 0.717) is 18.0 Å². The van der Waals surface area contributed by atoms with Gasteiger partial charge in [-0.2, -0.15) is 0 Å². The fourth-order valence-corrected chi connectivity index (χ4v) is 3.77. The standard InChI is InChI=1S/C23H18Br2N2O3/c24-16-1-7-19(8-2-16)27-14-15(13-22(27)28)23(29)26-18-5-11-21(12-6-18)30-20-9-3-17(25)4-10-20/h1-12,15H,13-14H2,(H,26,29)/t15-/m1/s1. The Morgan fingerprint density at radius 3 is 2.00 bits per heavy atom. The summed E-state index contributed by atoms with van der Waals surface area (Å²) in [5.41, 5.74) is 1.46. The maximum atomic E-state index is 12.7. The van der Waals surface area contributed by atoms with Crippen LogP contribution in [0.5, 0.6) is 11.5 Å². The zero-order valence-corrected chi connectivity index (χ0v) is 19.0. The predicted octanol–water partition coefficient (Wildman–Crippen LogP) is 6.00. The number of ether oxygens (including phenoxy) is 1. The normalized spacial score (nSPS) is 15.9. The van der Waals surface area contributed by atoms with Crippen LogP contribution in [0.25, 0.3) is 0 Å². The number of hydrogen-bond acceptors (Lipinski definition) is 3. The molecule has 0 unspecified atom stereocenters. The Kier molecular flexibility index (Phi) is 6.20. The first-order valence-corrected chi connectivity index (χ1v) is 11.0. The number of nitrogens with zero attached hydrogens (tertiary/aromatic N) is 1. The summed E-state index contributed by atoms with van der Waals surface area (Å²) in [6.45, 7) is 0.372. The number of carbonyl (C=O) groups is 2. The molecule has 152 valence electrons. The maximum Gasteiger partial charge on any atom is 0.229 e. The lowest BCUT2D eigenvalue weighted by Crippen LogP contribution is -2.28. The summed E-state index contributed by atoms with van der Waals surface area (Å²) < 4.78 is 7.72. The smallest absolute Gasteiger partial charge is 0.229 e. The van der Waals surface area contributed by atoms with Gasteiger partial charge >= 0.3 is 0 Å². The third-order valence-corrected chi connectivity index (χ3v) is 5.86. The second-order valence-electron chi connectivity index (χ2n) is 6.95. The van der Waals surface area contributed by atoms with E-state index < -0.39 is 0 Å². The predicted molar refractivity (Wildman–Crippen MR) is 124 cm³/mol. The van der Waals surface area contributed by atoms with Gasteiger partial charge in [0.2, 0.25) is 11.8 Å². The Morgan fingerprint density at radius 2 is 1.40 bits per heavy atom. The van der Waals surface area contributed by atoms with Crippen LogP contribution in [0.4, 0.5) is 11.4 Å². The number of nitrogens with one attached hydrogen (secondary N) is 1. The van der Waals surface area contributed by atoms with Crippen LogP contribution in [-0.4, -0.2) is 18.4 Å². The Balaban J connectivity index is 1.36. The number of halogens is 2. The second kappa shape index (κ2) is 9.02. The van der Waals surface area contributed by atoms with E-state index in [9.17, 15) is 9.59 Å². The summed E-state index contributed by atoms with van der Waals surface area (Å²) in [7, 11) is 0. The highest BCUT2D eigenvalue weighted by Crippen LogP contribution is 2.28. The van der Waals surface area contributed by atoms with Gasteiger partial charge in [-0.1, -0.05) is 31.9 Å². The van der Waals surface area contributed by atoms with Gasteiger partial charge < -0.3 is 15.0 Å². The second-order valence-corrected chi connectivity index (χ2v) is 8.78. The van der Waals surface area contributed by atoms with Crippen molar-refractivity contribution in [2.75, 3.05) is 16.8 Å². The summed E-state index contributed by atoms with van der Waals surface area (Å²) in [5.74, 6) is 0.806. The highest BCUT2D eigenvalue weighted by Gasteiger charge is 2.35. The molecule has 1 aliphatic rings. The van der Waals surface area contributed by atoms with Crippen LogP contribution in [0.1, 0.15) is 6.42 Å². The first-order chi connectivity index (χ1) is 14.5. The molecule has 3 aromatic rings. The molecule has 30 heavy (non-hydrogen) atoms. The zero-order chi connectivity index (χ0) is 21.1. The fourth-order valence-electron chi connectivity index (χ4n) is 3.24. The van der Waals surface area contributed by atoms with Gasteiger partial charge in [0.05, 0.1) is 5.92 Å². The van der Waals surface area contributed by atoms with Crippen LogP contribution in [-0.2, 0) is 9.59 Å². The number of hydrogen-bond donors (Lipinski definition) is 1. The lowest BCUT2D eigenvalue weighted by Gasteiger charge is -2.17. The van der Waals surface area contributed by atoms with Crippen molar-refractivity contribution in [2.45, 2.75) is 6.42 Å². The van der Waals surface area contributed by atoms with Crippen molar-refractivity contribution >= 4 is 55.0 Å². The average Bonchev–Trinajstić information content (AvgIpc) is 3.13. The van der Waals surface area contributed by atoms with Crippen molar-refractivity contribution < 1.29 is 14.3 Å². The Hall–Kier alpha value is -2.64. The molecule has 5 nitrogen and oxygen atoms in total. The molecule has 0 aromatic heterocycles. The van der Waals surface area contributed by atoms with E-state index >= 15 is 0 Å². The molecule has 1 atom stereocenters. The van der Waals surface area contributed by atoms with Gasteiger partial charge in [-0.05, 0) is 72.8 Å². The van der Waals surface area contributed by atoms with Crippen LogP contribution in [0.15, 0.2) is 81.7 Å². The van der Waals surface area contributed by atoms with Gasteiger partial charge in [-0.15, -0.1) is 0 Å². The lowest BCUT2D eigenvalue weighted by molar-refractivity contribution is -0.122. The SMILES string of the molecule is O=C(Nc1ccc(Oc2ccc(Br)cc2)cc1)[C@@H]1CC(=O)N(c2ccc(Br)cc2)C1. The molecule has 3 aromatic carbocycles. The largest absolute Gasteiger partial charge is 0.457 e. The molecule has 0 saturated carbocycles. The van der Waals surface area contributed by atoms with Crippen LogP contribution < -0.4 is 15.0 Å². The highest BCUT2D eigenvalue weighted by molar-refractivity contribution is 9.10. The van der Waals surface area contributed by atoms with Gasteiger partial charge in [0.15, 0.2) is 0 Å². The maximum absolute atomic E-state index is 12.7. The number of benzene rings is 3. The number of anilines is 2. The Bertz CT molecular complexity index is 1050. The summed E-state index contributed by atoms with van der Waals surface area (Å²) >= 11 is 6.78. The molecule has 0 spiro atoms. The summed E-state index contributed by atoms with van der Waals surface area (Å²) in [4.78, 5) is 26.7. The summed E-state index contributed by atoms with van der Waals surface area (Å²) in [6, 6.07) is 22.2. The van der Waals surface area contributed by atoms with Gasteiger partial charge in [-0.25, -0.2) is 0 Å². The monoisotopic (exact) mass is 528 g/mol. The van der Waals surface area contributed by atoms with Gasteiger partial charge in [0.1, 0.15) is 11.5 Å². The average molecular weight is 530 g/mol. The van der Waals surface area contributed by atoms with Crippen molar-refractivity contribution in [3.8, 4) is 11.5 Å². The van der Waals surface area contributed by atoms with E-state index in [2.05, 4.69) is 37.2 Å². The van der Waals surface area contributed by atoms with E-state index in [-0.39, 0.29) is 24.2 Å². The molecule has 0 radical (unpaired) electrons. The summed E-state index contributed by atoms with van der Waals surface area (Å²) in [5, 5.41) is 2.90. The van der Waals surface area contributed by atoms with E-state index in [1.807, 2.05) is 48.5 Å². The minimum Gasteiger partial charge on any atom is -0.457 e. The van der Waals surface area contributed by atoms with Gasteiger partial charge in [-0.3, -0.25) is 9.59 Å². The van der Waals surface area contributed by atoms with Gasteiger partial charge in [0, 0.05) is 33.3 Å². The Labute approximate surface area is 191 Å². The van der Waals surface area contributed by atoms with E-state index in [0.717, 1.165) is 20.4 Å². The topological polar surface area (TPSA) is 58.6 Å². The summed E-state index contributed by atoms with van der Waals surface area (Å²) in [6.07, 6.45) is 0.201. The number of amides is 2. The van der Waals surface area contributed by atoms with Crippen LogP contribution in [0.2, 0.25) is 0 Å². The highest BCUT2D eigenvalue weighted by atomic mass is 79.9. The van der Waals surface area contributed by atoms with Crippen molar-refractivity contribution in [2.24, 2.45) is 5.92 Å². The molecule has 0 aliphatic carbocycles. The molecule has 1 saturated heterocycles. The molecule has 1 N–H and O–H groups in total. The molecule has 1 heterocycles. The third kappa shape index (κ3) is 4.91. The number of carbonyl (C=O) groups excluding carboxylic acids is 2. The lowest BCUT2D eigenvalue weighted by atomic mass is 10.1. The van der Waals surface area contributed by atoms with Crippen LogP contribution >= 0.6 is 31.9 Å². The number of rotatable bonds is 5. The van der Waals surface area contributed by atoms with Crippen molar-refractivity contribution in [3.63, 3.8) is 0 Å². The third-order valence-electron chi connectivity index (χ3n) is 4.81. The molecular weight excluding hydrogens is 512 g/mol. The van der Waals surface area contributed by atoms with Crippen LogP contribution in [0, 0.1) is 5.92 Å². The fraction of sp³-hybridized carbons (Fsp3) is 0.130. The van der Waals surface area contributed by atoms with E-state index in [4.69, 9.17) is 4.74 Å². The minimum absolute atomic E-state index is 0.0456. The molecular formula is C23H18Br2N2O3. The molecule has 7 heteroatoms. The van der Waals surface area contributed by atoms with Crippen molar-refractivity contribution in [3.05, 3.63) is 81.7 Å². The van der Waals surface area contributed by atoms with E-state index in [1.165, 1.54) is 0 Å². The molecule has 2 amide bonds. The van der Waals surface area contributed by atoms with Crippen LogP contribution in [0.3, 0.4) is 0 Å². The first kappa shape index (κ1) is 20.6. The molecule has 0 bridgehead atoms. The van der Waals surface area contributed by atoms with E-state index in [1.54, 1.807) is 29.2 Å². The van der Waals surface area contributed by atoms with Crippen molar-refractivity contribution in [1.29, 1.82) is 0 Å². The van der Waals surface area contributed by atoms with Crippen molar-refractivity contribution in [1.82, 2.24) is 0 Å². The van der Waals surface area contributed by atoms with Gasteiger partial charge in [0.25, 0.3) is 0 Å². The minimum atomic E-state index is -0.389. The first-order valence-electron chi connectivity index (χ1n) is 9.38. The molecule has 1 aliphatic heterocycles. The Morgan fingerprint density at radius 1 is 0.867 bits per heavy atom. The molecule has 1 fully saturated rings. The zero-order valence-electron chi connectivity index (χ0n) is 15.8.